The first-order chi connectivity index (χ1) is 16.8. The Morgan fingerprint density at radius 1 is 0.743 bits per heavy atom. The highest BCUT2D eigenvalue weighted by molar-refractivity contribution is 6.02. The van der Waals surface area contributed by atoms with Crippen LogP contribution in [0.4, 0.5) is 30.2 Å². The summed E-state index contributed by atoms with van der Waals surface area (Å²) in [6.07, 6.45) is -3.12. The van der Waals surface area contributed by atoms with Gasteiger partial charge in [-0.2, -0.15) is 13.2 Å². The molecule has 0 saturated heterocycles. The van der Waals surface area contributed by atoms with Crippen LogP contribution in [-0.4, -0.2) is 11.8 Å². The van der Waals surface area contributed by atoms with Gasteiger partial charge in [0.15, 0.2) is 5.76 Å². The summed E-state index contributed by atoms with van der Waals surface area (Å²) in [7, 11) is 0. The summed E-state index contributed by atoms with van der Waals surface area (Å²) in [5, 5.41) is 8.36. The third kappa shape index (κ3) is 6.08. The van der Waals surface area contributed by atoms with Gasteiger partial charge in [-0.05, 0) is 60.2 Å². The van der Waals surface area contributed by atoms with Crippen LogP contribution in [0.25, 0.3) is 0 Å². The fraction of sp³-hybridized carbons (Fsp3) is 0.0769. The van der Waals surface area contributed by atoms with E-state index in [9.17, 15) is 22.8 Å². The lowest BCUT2D eigenvalue weighted by atomic mass is 10.1. The van der Waals surface area contributed by atoms with Crippen molar-refractivity contribution in [1.29, 1.82) is 0 Å². The summed E-state index contributed by atoms with van der Waals surface area (Å²) < 4.78 is 44.2. The van der Waals surface area contributed by atoms with Crippen molar-refractivity contribution in [3.63, 3.8) is 0 Å². The van der Waals surface area contributed by atoms with E-state index in [1.807, 2.05) is 0 Å². The minimum absolute atomic E-state index is 0.0311. The molecular weight excluding hydrogens is 459 g/mol. The summed E-state index contributed by atoms with van der Waals surface area (Å²) in [6, 6.07) is 22.1. The number of amides is 2. The molecule has 0 aliphatic rings. The second-order valence-corrected chi connectivity index (χ2v) is 7.56. The van der Waals surface area contributed by atoms with Crippen LogP contribution in [0.1, 0.15) is 27.7 Å². The zero-order chi connectivity index (χ0) is 24.8. The highest BCUT2D eigenvalue weighted by atomic mass is 19.4. The molecular formula is C26H20F3N3O3. The van der Waals surface area contributed by atoms with Gasteiger partial charge in [0.05, 0.1) is 11.8 Å². The molecule has 0 fully saturated rings. The molecule has 0 aliphatic heterocycles. The molecule has 35 heavy (non-hydrogen) atoms. The smallest absolute Gasteiger partial charge is 0.416 e. The first kappa shape index (κ1) is 23.6. The zero-order valence-electron chi connectivity index (χ0n) is 18.2. The molecule has 0 saturated carbocycles. The van der Waals surface area contributed by atoms with Gasteiger partial charge in [0.1, 0.15) is 6.04 Å². The quantitative estimate of drug-likeness (QED) is 0.289. The lowest BCUT2D eigenvalue weighted by molar-refractivity contribution is -0.137. The summed E-state index contributed by atoms with van der Waals surface area (Å²) >= 11 is 0. The maximum atomic E-state index is 13.1. The monoisotopic (exact) mass is 479 g/mol. The van der Waals surface area contributed by atoms with E-state index in [-0.39, 0.29) is 11.4 Å². The number of carbonyl (C=O) groups is 2. The fourth-order valence-electron chi connectivity index (χ4n) is 3.35. The third-order valence-electron chi connectivity index (χ3n) is 5.05. The average molecular weight is 479 g/mol. The van der Waals surface area contributed by atoms with E-state index in [2.05, 4.69) is 16.0 Å². The maximum Gasteiger partial charge on any atom is 0.416 e. The molecule has 4 rings (SSSR count). The van der Waals surface area contributed by atoms with Crippen LogP contribution in [0.15, 0.2) is 102 Å². The van der Waals surface area contributed by atoms with Gasteiger partial charge in [0.25, 0.3) is 11.8 Å². The molecule has 3 N–H and O–H groups in total. The van der Waals surface area contributed by atoms with E-state index in [1.165, 1.54) is 18.4 Å². The molecule has 0 spiro atoms. The number of furan rings is 1. The van der Waals surface area contributed by atoms with Crippen molar-refractivity contribution in [3.05, 3.63) is 114 Å². The molecule has 1 heterocycles. The second kappa shape index (κ2) is 10.2. The Kier molecular flexibility index (Phi) is 6.86. The number of alkyl halides is 3. The molecule has 0 aliphatic carbocycles. The molecule has 1 unspecified atom stereocenters. The molecule has 9 heteroatoms. The van der Waals surface area contributed by atoms with Crippen LogP contribution < -0.4 is 16.0 Å². The molecule has 6 nitrogen and oxygen atoms in total. The number of nitrogens with one attached hydrogen (secondary N) is 3. The fourth-order valence-corrected chi connectivity index (χ4v) is 3.35. The van der Waals surface area contributed by atoms with Gasteiger partial charge in [0.2, 0.25) is 0 Å². The van der Waals surface area contributed by atoms with E-state index < -0.39 is 29.6 Å². The van der Waals surface area contributed by atoms with E-state index in [4.69, 9.17) is 4.42 Å². The molecule has 4 aromatic rings. The van der Waals surface area contributed by atoms with Crippen LogP contribution >= 0.6 is 0 Å². The molecule has 1 aromatic heterocycles. The summed E-state index contributed by atoms with van der Waals surface area (Å²) in [5.41, 5.74) is 0.873. The Morgan fingerprint density at radius 2 is 1.46 bits per heavy atom. The Labute approximate surface area is 198 Å². The Balaban J connectivity index is 1.51. The van der Waals surface area contributed by atoms with E-state index >= 15 is 0 Å². The molecule has 0 bridgehead atoms. The van der Waals surface area contributed by atoms with Gasteiger partial charge in [0, 0.05) is 17.1 Å². The minimum Gasteiger partial charge on any atom is -0.459 e. The van der Waals surface area contributed by atoms with Crippen molar-refractivity contribution in [1.82, 2.24) is 0 Å². The van der Waals surface area contributed by atoms with Crippen LogP contribution in [0, 0.1) is 0 Å². The second-order valence-electron chi connectivity index (χ2n) is 7.56. The Bertz CT molecular complexity index is 1290. The van der Waals surface area contributed by atoms with Gasteiger partial charge in [-0.1, -0.05) is 36.4 Å². The highest BCUT2D eigenvalue weighted by Crippen LogP contribution is 2.31. The zero-order valence-corrected chi connectivity index (χ0v) is 18.2. The van der Waals surface area contributed by atoms with Crippen molar-refractivity contribution in [2.24, 2.45) is 0 Å². The van der Waals surface area contributed by atoms with Crippen LogP contribution in [0.2, 0.25) is 0 Å². The van der Waals surface area contributed by atoms with E-state index in [0.29, 0.717) is 16.9 Å². The third-order valence-corrected chi connectivity index (χ3v) is 5.05. The van der Waals surface area contributed by atoms with Gasteiger partial charge in [-0.15, -0.1) is 0 Å². The number of hydrogen-bond donors (Lipinski definition) is 3. The van der Waals surface area contributed by atoms with Crippen molar-refractivity contribution >= 4 is 28.9 Å². The normalized spacial score (nSPS) is 12.0. The predicted molar refractivity (Wildman–Crippen MR) is 126 cm³/mol. The molecule has 3 aromatic carbocycles. The number of anilines is 3. The van der Waals surface area contributed by atoms with Gasteiger partial charge in [-0.3, -0.25) is 9.59 Å². The predicted octanol–water partition coefficient (Wildman–Crippen LogP) is 6.34. The van der Waals surface area contributed by atoms with E-state index in [1.54, 1.807) is 66.7 Å². The molecule has 0 radical (unpaired) electrons. The Morgan fingerprint density at radius 3 is 2.11 bits per heavy atom. The minimum atomic E-state index is -4.52. The lowest BCUT2D eigenvalue weighted by Crippen LogP contribution is -2.27. The first-order valence-electron chi connectivity index (χ1n) is 10.5. The summed E-state index contributed by atoms with van der Waals surface area (Å²) in [4.78, 5) is 25.2. The van der Waals surface area contributed by atoms with Crippen LogP contribution in [-0.2, 0) is 11.0 Å². The summed E-state index contributed by atoms with van der Waals surface area (Å²) in [6.45, 7) is 0. The van der Waals surface area contributed by atoms with Gasteiger partial charge < -0.3 is 20.4 Å². The van der Waals surface area contributed by atoms with Crippen LogP contribution in [0.5, 0.6) is 0 Å². The van der Waals surface area contributed by atoms with E-state index in [0.717, 1.165) is 12.1 Å². The Hall–Kier alpha value is -4.53. The highest BCUT2D eigenvalue weighted by Gasteiger charge is 2.31. The van der Waals surface area contributed by atoms with Crippen molar-refractivity contribution in [2.45, 2.75) is 12.2 Å². The van der Waals surface area contributed by atoms with Gasteiger partial charge >= 0.3 is 6.18 Å². The lowest BCUT2D eigenvalue weighted by Gasteiger charge is -2.20. The maximum absolute atomic E-state index is 13.1. The van der Waals surface area contributed by atoms with Crippen molar-refractivity contribution in [3.8, 4) is 0 Å². The first-order valence-corrected chi connectivity index (χ1v) is 10.5. The van der Waals surface area contributed by atoms with Crippen molar-refractivity contribution in [2.75, 3.05) is 16.0 Å². The number of hydrogen-bond acceptors (Lipinski definition) is 4. The number of halogens is 3. The SMILES string of the molecule is O=C(Nc1ccc(NC(C(=O)Nc2cccc(C(F)(F)F)c2)c2ccccc2)cc1)c1ccco1. The van der Waals surface area contributed by atoms with Gasteiger partial charge in [-0.25, -0.2) is 0 Å². The topological polar surface area (TPSA) is 83.4 Å². The molecule has 1 atom stereocenters. The van der Waals surface area contributed by atoms with Crippen LogP contribution in [0.3, 0.4) is 0 Å². The number of rotatable bonds is 7. The standard InChI is InChI=1S/C26H20F3N3O3/c27-26(28,29)18-8-4-9-21(16-18)32-25(34)23(17-6-2-1-3-7-17)30-19-11-13-20(14-12-19)31-24(33)22-10-5-15-35-22/h1-16,23,30H,(H,31,33)(H,32,34). The summed E-state index contributed by atoms with van der Waals surface area (Å²) in [5.74, 6) is -0.772. The number of carbonyl (C=O) groups excluding carboxylic acids is 2. The molecule has 178 valence electrons. The molecule has 2 amide bonds. The average Bonchev–Trinajstić information content (AvgIpc) is 3.39. The number of benzene rings is 3. The largest absolute Gasteiger partial charge is 0.459 e. The van der Waals surface area contributed by atoms with Crippen molar-refractivity contribution < 1.29 is 27.2 Å².